The van der Waals surface area contributed by atoms with Crippen molar-refractivity contribution in [3.05, 3.63) is 12.7 Å². The fraction of sp³-hybridized carbons (Fsp3) is 0.667. The van der Waals surface area contributed by atoms with Gasteiger partial charge in [0.2, 0.25) is 5.91 Å². The molecule has 0 aliphatic heterocycles. The zero-order chi connectivity index (χ0) is 9.56. The van der Waals surface area contributed by atoms with E-state index in [-0.39, 0.29) is 18.6 Å². The topological polar surface area (TPSA) is 49.3 Å². The third-order valence-corrected chi connectivity index (χ3v) is 1.51. The Morgan fingerprint density at radius 2 is 2.25 bits per heavy atom. The van der Waals surface area contributed by atoms with Crippen LogP contribution in [0.2, 0.25) is 0 Å². The molecule has 0 heterocycles. The highest BCUT2D eigenvalue weighted by molar-refractivity contribution is 5.87. The minimum atomic E-state index is -0.227. The van der Waals surface area contributed by atoms with Gasteiger partial charge in [0.25, 0.3) is 0 Å². The maximum absolute atomic E-state index is 10.8. The summed E-state index contributed by atoms with van der Waals surface area (Å²) in [5, 5.41) is 11.5. The van der Waals surface area contributed by atoms with E-state index >= 15 is 0 Å². The number of aliphatic hydroxyl groups is 1. The molecule has 0 spiro atoms. The second-order valence-corrected chi connectivity index (χ2v) is 3.22. The van der Waals surface area contributed by atoms with E-state index in [2.05, 4.69) is 11.9 Å². The summed E-state index contributed by atoms with van der Waals surface area (Å²) in [6.07, 6.45) is 2.00. The Kier molecular flexibility index (Phi) is 5.37. The van der Waals surface area contributed by atoms with Gasteiger partial charge in [-0.15, -0.1) is 0 Å². The van der Waals surface area contributed by atoms with E-state index < -0.39 is 0 Å². The third kappa shape index (κ3) is 4.91. The Morgan fingerprint density at radius 1 is 1.67 bits per heavy atom. The normalized spacial score (nSPS) is 12.7. The molecule has 0 aromatic heterocycles. The van der Waals surface area contributed by atoms with E-state index in [0.29, 0.717) is 5.92 Å². The molecule has 12 heavy (non-hydrogen) atoms. The summed E-state index contributed by atoms with van der Waals surface area (Å²) in [5.74, 6) is 0.238. The molecule has 0 saturated heterocycles. The molecule has 1 unspecified atom stereocenters. The molecular weight excluding hydrogens is 154 g/mol. The van der Waals surface area contributed by atoms with Crippen molar-refractivity contribution in [1.29, 1.82) is 0 Å². The van der Waals surface area contributed by atoms with Gasteiger partial charge in [-0.2, -0.15) is 0 Å². The fourth-order valence-corrected chi connectivity index (χ4v) is 1.01. The summed E-state index contributed by atoms with van der Waals surface area (Å²) in [6, 6.07) is -0.143. The first-order valence-electron chi connectivity index (χ1n) is 4.14. The maximum Gasteiger partial charge on any atom is 0.243 e. The smallest absolute Gasteiger partial charge is 0.243 e. The molecule has 0 radical (unpaired) electrons. The highest BCUT2D eigenvalue weighted by atomic mass is 16.3. The van der Waals surface area contributed by atoms with Gasteiger partial charge in [-0.05, 0) is 18.4 Å². The van der Waals surface area contributed by atoms with Crippen molar-refractivity contribution in [2.24, 2.45) is 5.92 Å². The Bertz CT molecular complexity index is 155. The lowest BCUT2D eigenvalue weighted by molar-refractivity contribution is -0.117. The van der Waals surface area contributed by atoms with Crippen LogP contribution in [0.3, 0.4) is 0 Å². The van der Waals surface area contributed by atoms with E-state index in [4.69, 9.17) is 5.11 Å². The van der Waals surface area contributed by atoms with Crippen molar-refractivity contribution in [2.45, 2.75) is 26.3 Å². The first-order chi connectivity index (χ1) is 5.60. The molecule has 70 valence electrons. The molecule has 0 aliphatic rings. The van der Waals surface area contributed by atoms with Gasteiger partial charge in [0, 0.05) is 0 Å². The lowest BCUT2D eigenvalue weighted by Crippen LogP contribution is -2.37. The average molecular weight is 171 g/mol. The molecule has 2 N–H and O–H groups in total. The number of rotatable bonds is 5. The van der Waals surface area contributed by atoms with Gasteiger partial charge >= 0.3 is 0 Å². The lowest BCUT2D eigenvalue weighted by Gasteiger charge is -2.16. The quantitative estimate of drug-likeness (QED) is 0.598. The lowest BCUT2D eigenvalue weighted by atomic mass is 10.0. The van der Waals surface area contributed by atoms with E-state index in [1.54, 1.807) is 0 Å². The van der Waals surface area contributed by atoms with Gasteiger partial charge in [-0.3, -0.25) is 4.79 Å². The minimum Gasteiger partial charge on any atom is -0.394 e. The number of carbonyl (C=O) groups excluding carboxylic acids is 1. The number of amides is 1. The fourth-order valence-electron chi connectivity index (χ4n) is 1.01. The number of nitrogens with one attached hydrogen (secondary N) is 1. The molecule has 0 aliphatic carbocycles. The molecule has 0 fully saturated rings. The van der Waals surface area contributed by atoms with Gasteiger partial charge in [-0.25, -0.2) is 0 Å². The van der Waals surface area contributed by atoms with E-state index in [9.17, 15) is 4.79 Å². The predicted molar refractivity (Wildman–Crippen MR) is 48.7 cm³/mol. The van der Waals surface area contributed by atoms with Crippen LogP contribution < -0.4 is 5.32 Å². The molecular formula is C9H17NO2. The summed E-state index contributed by atoms with van der Waals surface area (Å²) in [5.41, 5.74) is 0. The molecule has 0 aromatic carbocycles. The SMILES string of the molecule is C=CC(=O)NC(CO)CC(C)C. The van der Waals surface area contributed by atoms with E-state index in [0.717, 1.165) is 6.42 Å². The summed E-state index contributed by atoms with van der Waals surface area (Å²) in [6.45, 7) is 7.41. The standard InChI is InChI=1S/C9H17NO2/c1-4-9(12)10-8(6-11)5-7(2)3/h4,7-8,11H,1,5-6H2,2-3H3,(H,10,12). The van der Waals surface area contributed by atoms with Gasteiger partial charge in [0.15, 0.2) is 0 Å². The molecule has 0 bridgehead atoms. The minimum absolute atomic E-state index is 0.0161. The van der Waals surface area contributed by atoms with Crippen LogP contribution in [0, 0.1) is 5.92 Å². The van der Waals surface area contributed by atoms with Crippen LogP contribution in [-0.2, 0) is 4.79 Å². The van der Waals surface area contributed by atoms with E-state index in [1.807, 2.05) is 13.8 Å². The zero-order valence-corrected chi connectivity index (χ0v) is 7.71. The summed E-state index contributed by atoms with van der Waals surface area (Å²) in [7, 11) is 0. The van der Waals surface area contributed by atoms with Crippen molar-refractivity contribution < 1.29 is 9.90 Å². The molecule has 3 nitrogen and oxygen atoms in total. The first-order valence-corrected chi connectivity index (χ1v) is 4.14. The average Bonchev–Trinajstić information content (AvgIpc) is 2.02. The Balaban J connectivity index is 3.82. The van der Waals surface area contributed by atoms with Crippen molar-refractivity contribution in [2.75, 3.05) is 6.61 Å². The van der Waals surface area contributed by atoms with Gasteiger partial charge in [0.05, 0.1) is 12.6 Å². The van der Waals surface area contributed by atoms with Crippen LogP contribution in [0.5, 0.6) is 0 Å². The zero-order valence-electron chi connectivity index (χ0n) is 7.71. The largest absolute Gasteiger partial charge is 0.394 e. The third-order valence-electron chi connectivity index (χ3n) is 1.51. The number of hydrogen-bond acceptors (Lipinski definition) is 2. The summed E-state index contributed by atoms with van der Waals surface area (Å²) >= 11 is 0. The second-order valence-electron chi connectivity index (χ2n) is 3.22. The monoisotopic (exact) mass is 171 g/mol. The van der Waals surface area contributed by atoms with Crippen LogP contribution in [0.15, 0.2) is 12.7 Å². The van der Waals surface area contributed by atoms with Crippen molar-refractivity contribution in [3.63, 3.8) is 0 Å². The van der Waals surface area contributed by atoms with Crippen LogP contribution >= 0.6 is 0 Å². The first kappa shape index (κ1) is 11.2. The molecule has 1 atom stereocenters. The van der Waals surface area contributed by atoms with Crippen LogP contribution in [0.1, 0.15) is 20.3 Å². The van der Waals surface area contributed by atoms with Crippen molar-refractivity contribution >= 4 is 5.91 Å². The number of aliphatic hydroxyl groups excluding tert-OH is 1. The second kappa shape index (κ2) is 5.77. The van der Waals surface area contributed by atoms with Crippen LogP contribution in [0.4, 0.5) is 0 Å². The number of carbonyl (C=O) groups is 1. The molecule has 0 aromatic rings. The highest BCUT2D eigenvalue weighted by Gasteiger charge is 2.10. The maximum atomic E-state index is 10.8. The molecule has 1 amide bonds. The Labute approximate surface area is 73.5 Å². The van der Waals surface area contributed by atoms with Crippen molar-refractivity contribution in [3.8, 4) is 0 Å². The van der Waals surface area contributed by atoms with Gasteiger partial charge in [0.1, 0.15) is 0 Å². The number of hydrogen-bond donors (Lipinski definition) is 2. The predicted octanol–water partition coefficient (Wildman–Crippen LogP) is 0.696. The van der Waals surface area contributed by atoms with Crippen molar-refractivity contribution in [1.82, 2.24) is 5.32 Å². The molecule has 0 rings (SSSR count). The molecule has 3 heteroatoms. The molecule has 0 saturated carbocycles. The Morgan fingerprint density at radius 3 is 2.58 bits per heavy atom. The summed E-state index contributed by atoms with van der Waals surface area (Å²) in [4.78, 5) is 10.8. The van der Waals surface area contributed by atoms with Gasteiger partial charge in [-0.1, -0.05) is 20.4 Å². The van der Waals surface area contributed by atoms with Gasteiger partial charge < -0.3 is 10.4 Å². The van der Waals surface area contributed by atoms with Crippen LogP contribution in [0.25, 0.3) is 0 Å². The highest BCUT2D eigenvalue weighted by Crippen LogP contribution is 2.03. The summed E-state index contributed by atoms with van der Waals surface area (Å²) < 4.78 is 0. The van der Waals surface area contributed by atoms with E-state index in [1.165, 1.54) is 6.08 Å². The Hall–Kier alpha value is -0.830. The van der Waals surface area contributed by atoms with Crippen LogP contribution in [-0.4, -0.2) is 23.7 Å².